The Kier molecular flexibility index (Phi) is 3.69. The quantitative estimate of drug-likeness (QED) is 0.684. The Morgan fingerprint density at radius 3 is 2.90 bits per heavy atom. The Morgan fingerprint density at radius 1 is 1.35 bits per heavy atom. The van der Waals surface area contributed by atoms with E-state index >= 15 is 0 Å². The number of thiazole rings is 1. The van der Waals surface area contributed by atoms with E-state index < -0.39 is 0 Å². The highest BCUT2D eigenvalue weighted by molar-refractivity contribution is 9.11. The summed E-state index contributed by atoms with van der Waals surface area (Å²) < 4.78 is 0.845. The minimum Gasteiger partial charge on any atom is -0.296 e. The standard InChI is InChI=1S/C13H7BrClN3OS/c14-10-6-16-13(20-10)18-12(19)9-5-7-3-1-2-4-8(7)11(15)17-9/h1-6H,(H,16,18,19). The van der Waals surface area contributed by atoms with Crippen molar-refractivity contribution in [1.29, 1.82) is 0 Å². The molecule has 0 aliphatic heterocycles. The van der Waals surface area contributed by atoms with Crippen molar-refractivity contribution in [1.82, 2.24) is 9.97 Å². The topological polar surface area (TPSA) is 54.9 Å². The molecule has 20 heavy (non-hydrogen) atoms. The molecule has 3 aromatic rings. The maximum atomic E-state index is 12.1. The number of benzene rings is 1. The van der Waals surface area contributed by atoms with Crippen LogP contribution in [0.1, 0.15) is 10.5 Å². The first-order chi connectivity index (χ1) is 9.63. The molecule has 0 saturated heterocycles. The highest BCUT2D eigenvalue weighted by Gasteiger charge is 2.12. The molecule has 100 valence electrons. The molecular weight excluding hydrogens is 362 g/mol. The van der Waals surface area contributed by atoms with E-state index in [4.69, 9.17) is 11.6 Å². The lowest BCUT2D eigenvalue weighted by Gasteiger charge is -2.04. The zero-order valence-corrected chi connectivity index (χ0v) is 13.1. The lowest BCUT2D eigenvalue weighted by Crippen LogP contribution is -2.13. The fourth-order valence-electron chi connectivity index (χ4n) is 1.75. The van der Waals surface area contributed by atoms with Crippen LogP contribution < -0.4 is 5.32 Å². The number of hydrogen-bond acceptors (Lipinski definition) is 4. The first-order valence-corrected chi connectivity index (χ1v) is 7.60. The average molecular weight is 369 g/mol. The summed E-state index contributed by atoms with van der Waals surface area (Å²) in [5.41, 5.74) is 0.264. The monoisotopic (exact) mass is 367 g/mol. The maximum absolute atomic E-state index is 12.1. The molecule has 1 amide bonds. The molecule has 0 aliphatic carbocycles. The smallest absolute Gasteiger partial charge is 0.276 e. The number of hydrogen-bond donors (Lipinski definition) is 1. The molecule has 4 nitrogen and oxygen atoms in total. The van der Waals surface area contributed by atoms with Gasteiger partial charge < -0.3 is 0 Å². The van der Waals surface area contributed by atoms with Gasteiger partial charge >= 0.3 is 0 Å². The summed E-state index contributed by atoms with van der Waals surface area (Å²) in [6, 6.07) is 9.23. The van der Waals surface area contributed by atoms with Gasteiger partial charge in [0, 0.05) is 5.39 Å². The number of pyridine rings is 1. The van der Waals surface area contributed by atoms with E-state index in [0.717, 1.165) is 14.6 Å². The van der Waals surface area contributed by atoms with E-state index in [1.165, 1.54) is 11.3 Å². The summed E-state index contributed by atoms with van der Waals surface area (Å²) in [5.74, 6) is -0.334. The van der Waals surface area contributed by atoms with Crippen molar-refractivity contribution in [2.75, 3.05) is 5.32 Å². The van der Waals surface area contributed by atoms with Crippen molar-refractivity contribution in [2.24, 2.45) is 0 Å². The van der Waals surface area contributed by atoms with Gasteiger partial charge in [0.25, 0.3) is 5.91 Å². The minimum absolute atomic E-state index is 0.264. The van der Waals surface area contributed by atoms with Gasteiger partial charge in [-0.1, -0.05) is 47.2 Å². The Bertz CT molecular complexity index is 805. The third-order valence-electron chi connectivity index (χ3n) is 2.62. The van der Waals surface area contributed by atoms with Gasteiger partial charge in [-0.3, -0.25) is 10.1 Å². The van der Waals surface area contributed by atoms with Gasteiger partial charge in [0.15, 0.2) is 5.13 Å². The molecule has 0 spiro atoms. The van der Waals surface area contributed by atoms with Crippen molar-refractivity contribution in [3.8, 4) is 0 Å². The number of nitrogens with one attached hydrogen (secondary N) is 1. The SMILES string of the molecule is O=C(Nc1ncc(Br)s1)c1cc2ccccc2c(Cl)n1. The molecule has 2 heterocycles. The highest BCUT2D eigenvalue weighted by atomic mass is 79.9. The third-order valence-corrected chi connectivity index (χ3v) is 4.30. The second-order valence-electron chi connectivity index (χ2n) is 3.94. The van der Waals surface area contributed by atoms with E-state index in [-0.39, 0.29) is 11.6 Å². The molecule has 7 heteroatoms. The molecule has 1 N–H and O–H groups in total. The van der Waals surface area contributed by atoms with Gasteiger partial charge in [0.05, 0.1) is 9.98 Å². The second kappa shape index (κ2) is 5.47. The zero-order chi connectivity index (χ0) is 14.1. The van der Waals surface area contributed by atoms with Gasteiger partial charge in [-0.25, -0.2) is 9.97 Å². The normalized spacial score (nSPS) is 10.7. The van der Waals surface area contributed by atoms with E-state index in [1.54, 1.807) is 12.3 Å². The lowest BCUT2D eigenvalue weighted by molar-refractivity contribution is 0.102. The number of carbonyl (C=O) groups excluding carboxylic acids is 1. The Labute approximate surface area is 131 Å². The average Bonchev–Trinajstić information content (AvgIpc) is 2.84. The van der Waals surface area contributed by atoms with E-state index in [1.807, 2.05) is 24.3 Å². The van der Waals surface area contributed by atoms with Crippen LogP contribution in [-0.2, 0) is 0 Å². The predicted molar refractivity (Wildman–Crippen MR) is 84.5 cm³/mol. The van der Waals surface area contributed by atoms with E-state index in [2.05, 4.69) is 31.2 Å². The number of anilines is 1. The van der Waals surface area contributed by atoms with Crippen molar-refractivity contribution in [3.63, 3.8) is 0 Å². The molecule has 0 radical (unpaired) electrons. The van der Waals surface area contributed by atoms with Crippen LogP contribution in [0, 0.1) is 0 Å². The zero-order valence-electron chi connectivity index (χ0n) is 9.93. The summed E-state index contributed by atoms with van der Waals surface area (Å²) >= 11 is 10.7. The summed E-state index contributed by atoms with van der Waals surface area (Å²) in [5, 5.41) is 5.20. The largest absolute Gasteiger partial charge is 0.296 e. The minimum atomic E-state index is -0.334. The first-order valence-electron chi connectivity index (χ1n) is 5.61. The van der Waals surface area contributed by atoms with Crippen LogP contribution in [-0.4, -0.2) is 15.9 Å². The van der Waals surface area contributed by atoms with Crippen molar-refractivity contribution < 1.29 is 4.79 Å². The van der Waals surface area contributed by atoms with Gasteiger partial charge in [-0.05, 0) is 27.4 Å². The van der Waals surface area contributed by atoms with E-state index in [9.17, 15) is 4.79 Å². The van der Waals surface area contributed by atoms with Crippen molar-refractivity contribution in [3.05, 3.63) is 51.2 Å². The van der Waals surface area contributed by atoms with Crippen LogP contribution in [0.5, 0.6) is 0 Å². The van der Waals surface area contributed by atoms with Crippen molar-refractivity contribution >= 4 is 60.7 Å². The second-order valence-corrected chi connectivity index (χ2v) is 6.71. The molecule has 0 bridgehead atoms. The van der Waals surface area contributed by atoms with Gasteiger partial charge in [0.1, 0.15) is 10.8 Å². The Morgan fingerprint density at radius 2 is 2.15 bits per heavy atom. The van der Waals surface area contributed by atoms with Crippen molar-refractivity contribution in [2.45, 2.75) is 0 Å². The number of fused-ring (bicyclic) bond motifs is 1. The molecule has 0 unspecified atom stereocenters. The maximum Gasteiger partial charge on any atom is 0.276 e. The van der Waals surface area contributed by atoms with Crippen LogP contribution in [0.3, 0.4) is 0 Å². The Hall–Kier alpha value is -1.50. The highest BCUT2D eigenvalue weighted by Crippen LogP contribution is 2.25. The molecule has 0 aliphatic rings. The first kappa shape index (κ1) is 13.5. The lowest BCUT2D eigenvalue weighted by atomic mass is 10.1. The van der Waals surface area contributed by atoms with Gasteiger partial charge in [-0.15, -0.1) is 0 Å². The number of aromatic nitrogens is 2. The van der Waals surface area contributed by atoms with E-state index in [0.29, 0.717) is 10.3 Å². The Balaban J connectivity index is 1.95. The molecule has 0 atom stereocenters. The van der Waals surface area contributed by atoms with Crippen LogP contribution >= 0.6 is 38.9 Å². The van der Waals surface area contributed by atoms with Crippen LogP contribution in [0.25, 0.3) is 10.8 Å². The van der Waals surface area contributed by atoms with Crippen LogP contribution in [0.4, 0.5) is 5.13 Å². The van der Waals surface area contributed by atoms with Gasteiger partial charge in [0.2, 0.25) is 0 Å². The number of carbonyl (C=O) groups is 1. The number of nitrogens with zero attached hydrogens (tertiary/aromatic N) is 2. The van der Waals surface area contributed by atoms with Gasteiger partial charge in [-0.2, -0.15) is 0 Å². The number of rotatable bonds is 2. The van der Waals surface area contributed by atoms with Crippen LogP contribution in [0.2, 0.25) is 5.15 Å². The summed E-state index contributed by atoms with van der Waals surface area (Å²) in [6.45, 7) is 0. The summed E-state index contributed by atoms with van der Waals surface area (Å²) in [4.78, 5) is 20.3. The number of amides is 1. The van der Waals surface area contributed by atoms with Crippen LogP contribution in [0.15, 0.2) is 40.3 Å². The number of halogens is 2. The molecule has 2 aromatic heterocycles. The summed E-state index contributed by atoms with van der Waals surface area (Å²) in [6.07, 6.45) is 1.63. The molecule has 0 fully saturated rings. The molecule has 0 saturated carbocycles. The molecule has 1 aromatic carbocycles. The predicted octanol–water partition coefficient (Wildman–Crippen LogP) is 4.36. The molecule has 3 rings (SSSR count). The third kappa shape index (κ3) is 2.67. The molecular formula is C13H7BrClN3OS. The fraction of sp³-hybridized carbons (Fsp3) is 0. The summed E-state index contributed by atoms with van der Waals surface area (Å²) in [7, 11) is 0. The fourth-order valence-corrected chi connectivity index (χ4v) is 3.11.